The van der Waals surface area contributed by atoms with Crippen LogP contribution < -0.4 is 0 Å². The molecule has 0 spiro atoms. The van der Waals surface area contributed by atoms with Gasteiger partial charge in [0.25, 0.3) is 0 Å². The van der Waals surface area contributed by atoms with E-state index in [1.807, 2.05) is 19.9 Å². The Bertz CT molecular complexity index is 227. The molecule has 2 nitrogen and oxygen atoms in total. The predicted molar refractivity (Wildman–Crippen MR) is 48.0 cm³/mol. The summed E-state index contributed by atoms with van der Waals surface area (Å²) in [6, 6.07) is 4.25. The molecule has 0 aromatic rings. The summed E-state index contributed by atoms with van der Waals surface area (Å²) in [6.45, 7) is 4.00. The summed E-state index contributed by atoms with van der Waals surface area (Å²) in [4.78, 5) is 0. The van der Waals surface area contributed by atoms with Crippen LogP contribution in [0.4, 0.5) is 0 Å². The Morgan fingerprint density at radius 1 is 1.42 bits per heavy atom. The molecule has 0 aliphatic heterocycles. The van der Waals surface area contributed by atoms with Gasteiger partial charge in [-0.05, 0) is 12.8 Å². The largest absolute Gasteiger partial charge is 0.198 e. The lowest BCUT2D eigenvalue weighted by molar-refractivity contribution is 0.619. The molecule has 0 aliphatic carbocycles. The molecule has 0 saturated carbocycles. The average molecular weight is 162 g/mol. The van der Waals surface area contributed by atoms with Crippen molar-refractivity contribution in [3.8, 4) is 12.1 Å². The fourth-order valence-electron chi connectivity index (χ4n) is 1.11. The highest BCUT2D eigenvalue weighted by molar-refractivity contribution is 5.24. The van der Waals surface area contributed by atoms with E-state index in [0.717, 1.165) is 18.4 Å². The van der Waals surface area contributed by atoms with Gasteiger partial charge in [0.15, 0.2) is 0 Å². The average Bonchev–Trinajstić information content (AvgIpc) is 2.11. The van der Waals surface area contributed by atoms with Gasteiger partial charge in [0.1, 0.15) is 0 Å². The van der Waals surface area contributed by atoms with Crippen LogP contribution in [-0.4, -0.2) is 0 Å². The van der Waals surface area contributed by atoms with E-state index in [4.69, 9.17) is 10.5 Å². The van der Waals surface area contributed by atoms with Gasteiger partial charge in [-0.1, -0.05) is 19.9 Å². The van der Waals surface area contributed by atoms with Crippen LogP contribution in [-0.2, 0) is 0 Å². The lowest BCUT2D eigenvalue weighted by Crippen LogP contribution is -2.00. The van der Waals surface area contributed by atoms with Gasteiger partial charge < -0.3 is 0 Å². The van der Waals surface area contributed by atoms with Crippen LogP contribution >= 0.6 is 0 Å². The van der Waals surface area contributed by atoms with E-state index in [0.29, 0.717) is 6.42 Å². The molecule has 1 atom stereocenters. The molecule has 2 heteroatoms. The van der Waals surface area contributed by atoms with Gasteiger partial charge in [0.2, 0.25) is 0 Å². The number of nitrogens with zero attached hydrogens (tertiary/aromatic N) is 2. The van der Waals surface area contributed by atoms with Crippen LogP contribution in [0.25, 0.3) is 0 Å². The number of rotatable bonds is 4. The smallest absolute Gasteiger partial charge is 0.0947 e. The summed E-state index contributed by atoms with van der Waals surface area (Å²) in [5.74, 6) is 0.139. The molecule has 0 heterocycles. The van der Waals surface area contributed by atoms with Crippen LogP contribution in [0.2, 0.25) is 0 Å². The van der Waals surface area contributed by atoms with E-state index in [1.54, 1.807) is 0 Å². The van der Waals surface area contributed by atoms with E-state index in [2.05, 4.69) is 12.1 Å². The summed E-state index contributed by atoms with van der Waals surface area (Å²) in [5, 5.41) is 17.3. The summed E-state index contributed by atoms with van der Waals surface area (Å²) < 4.78 is 0. The van der Waals surface area contributed by atoms with Crippen molar-refractivity contribution in [1.82, 2.24) is 0 Å². The summed E-state index contributed by atoms with van der Waals surface area (Å²) >= 11 is 0. The van der Waals surface area contributed by atoms with Gasteiger partial charge >= 0.3 is 0 Å². The van der Waals surface area contributed by atoms with Crippen molar-refractivity contribution < 1.29 is 0 Å². The quantitative estimate of drug-likeness (QED) is 0.597. The van der Waals surface area contributed by atoms with Gasteiger partial charge in [0.05, 0.1) is 12.1 Å². The highest BCUT2D eigenvalue weighted by atomic mass is 14.3. The third-order valence-corrected chi connectivity index (χ3v) is 1.82. The molecule has 0 aliphatic rings. The minimum absolute atomic E-state index is 0.139. The molecule has 1 unspecified atom stereocenters. The molecule has 0 radical (unpaired) electrons. The van der Waals surface area contributed by atoms with Crippen molar-refractivity contribution in [2.75, 3.05) is 0 Å². The highest BCUT2D eigenvalue weighted by Gasteiger charge is 2.10. The molecule has 0 saturated heterocycles. The Kier molecular flexibility index (Phi) is 5.75. The monoisotopic (exact) mass is 162 g/mol. The lowest BCUT2D eigenvalue weighted by Gasteiger charge is -2.08. The predicted octanol–water partition coefficient (Wildman–Crippen LogP) is 2.79. The summed E-state index contributed by atoms with van der Waals surface area (Å²) in [7, 11) is 0. The second kappa shape index (κ2) is 6.43. The van der Waals surface area contributed by atoms with Gasteiger partial charge in [-0.2, -0.15) is 10.5 Å². The van der Waals surface area contributed by atoms with E-state index >= 15 is 0 Å². The maximum atomic E-state index is 8.76. The lowest BCUT2D eigenvalue weighted by atomic mass is 9.94. The molecule has 0 fully saturated rings. The maximum Gasteiger partial charge on any atom is 0.0947 e. The Hall–Kier alpha value is -1.28. The number of nitriles is 2. The van der Waals surface area contributed by atoms with Crippen molar-refractivity contribution in [3.63, 3.8) is 0 Å². The highest BCUT2D eigenvalue weighted by Crippen LogP contribution is 2.18. The fourth-order valence-corrected chi connectivity index (χ4v) is 1.11. The molecule has 0 aromatic carbocycles. The van der Waals surface area contributed by atoms with Crippen LogP contribution in [0.3, 0.4) is 0 Å². The topological polar surface area (TPSA) is 47.6 Å². The van der Waals surface area contributed by atoms with Gasteiger partial charge in [-0.3, -0.25) is 0 Å². The second-order valence-electron chi connectivity index (χ2n) is 2.65. The standard InChI is InChI=1S/C10H14N2/c1-3-5-10(8-12)9(4-2)6-7-11/h5,9H,3-4,6H2,1-2H3. The SMILES string of the molecule is CCC=C(C#N)C(CC)CC#N. The zero-order valence-corrected chi connectivity index (χ0v) is 7.67. The molecule has 12 heavy (non-hydrogen) atoms. The van der Waals surface area contributed by atoms with Crippen LogP contribution in [0, 0.1) is 28.6 Å². The van der Waals surface area contributed by atoms with Gasteiger partial charge in [-0.15, -0.1) is 0 Å². The molecule has 0 N–H and O–H groups in total. The first-order valence-electron chi connectivity index (χ1n) is 4.27. The number of allylic oxidation sites excluding steroid dienone is 2. The maximum absolute atomic E-state index is 8.76. The normalized spacial score (nSPS) is 13.2. The van der Waals surface area contributed by atoms with Gasteiger partial charge in [0, 0.05) is 17.9 Å². The molecule has 0 bridgehead atoms. The first kappa shape index (κ1) is 10.7. The van der Waals surface area contributed by atoms with Crippen molar-refractivity contribution >= 4 is 0 Å². The van der Waals surface area contributed by atoms with E-state index in [9.17, 15) is 0 Å². The summed E-state index contributed by atoms with van der Waals surface area (Å²) in [5.41, 5.74) is 0.765. The molecule has 0 amide bonds. The van der Waals surface area contributed by atoms with Crippen molar-refractivity contribution in [2.24, 2.45) is 5.92 Å². The molecule has 0 aromatic heterocycles. The zero-order chi connectivity index (χ0) is 9.40. The molecule has 64 valence electrons. The van der Waals surface area contributed by atoms with Crippen molar-refractivity contribution in [3.05, 3.63) is 11.6 Å². The van der Waals surface area contributed by atoms with Crippen molar-refractivity contribution in [1.29, 1.82) is 10.5 Å². The zero-order valence-electron chi connectivity index (χ0n) is 7.67. The van der Waals surface area contributed by atoms with Gasteiger partial charge in [-0.25, -0.2) is 0 Å². The second-order valence-corrected chi connectivity index (χ2v) is 2.65. The third-order valence-electron chi connectivity index (χ3n) is 1.82. The molecular formula is C10H14N2. The Balaban J connectivity index is 4.38. The van der Waals surface area contributed by atoms with Crippen LogP contribution in [0.5, 0.6) is 0 Å². The van der Waals surface area contributed by atoms with Crippen LogP contribution in [0.1, 0.15) is 33.1 Å². The first-order valence-corrected chi connectivity index (χ1v) is 4.27. The fraction of sp³-hybridized carbons (Fsp3) is 0.600. The summed E-state index contributed by atoms with van der Waals surface area (Å²) in [6.07, 6.45) is 4.10. The number of hydrogen-bond donors (Lipinski definition) is 0. The van der Waals surface area contributed by atoms with E-state index in [-0.39, 0.29) is 5.92 Å². The minimum atomic E-state index is 0.139. The first-order chi connectivity index (χ1) is 5.79. The van der Waals surface area contributed by atoms with E-state index < -0.39 is 0 Å². The molecular weight excluding hydrogens is 148 g/mol. The van der Waals surface area contributed by atoms with Crippen molar-refractivity contribution in [2.45, 2.75) is 33.1 Å². The Morgan fingerprint density at radius 2 is 2.08 bits per heavy atom. The van der Waals surface area contributed by atoms with Crippen LogP contribution in [0.15, 0.2) is 11.6 Å². The third kappa shape index (κ3) is 3.21. The number of hydrogen-bond acceptors (Lipinski definition) is 2. The Labute approximate surface area is 74.1 Å². The molecule has 0 rings (SSSR count). The van der Waals surface area contributed by atoms with E-state index in [1.165, 1.54) is 0 Å². The Morgan fingerprint density at radius 3 is 2.42 bits per heavy atom. The minimum Gasteiger partial charge on any atom is -0.198 e.